The zero-order valence-electron chi connectivity index (χ0n) is 9.74. The van der Waals surface area contributed by atoms with Gasteiger partial charge in [0.2, 0.25) is 5.91 Å². The Hall–Kier alpha value is -2.02. The van der Waals surface area contributed by atoms with Gasteiger partial charge in [-0.1, -0.05) is 0 Å². The van der Waals surface area contributed by atoms with Crippen molar-refractivity contribution in [2.75, 3.05) is 26.0 Å². The molecule has 0 aromatic heterocycles. The van der Waals surface area contributed by atoms with Crippen LogP contribution < -0.4 is 5.32 Å². The van der Waals surface area contributed by atoms with Crippen LogP contribution in [0.25, 0.3) is 0 Å². The molecule has 0 saturated heterocycles. The first-order valence-electron chi connectivity index (χ1n) is 4.99. The summed E-state index contributed by atoms with van der Waals surface area (Å²) in [5.74, 6) is 0.0158. The number of nitrogens with zero attached hydrogens (tertiary/aromatic N) is 2. The molecule has 0 atom stereocenters. The summed E-state index contributed by atoms with van der Waals surface area (Å²) in [5.41, 5.74) is 2.42. The molecule has 16 heavy (non-hydrogen) atoms. The molecule has 1 aromatic rings. The van der Waals surface area contributed by atoms with E-state index in [-0.39, 0.29) is 12.5 Å². The summed E-state index contributed by atoms with van der Waals surface area (Å²) in [6.07, 6.45) is 0. The van der Waals surface area contributed by atoms with E-state index in [0.717, 1.165) is 11.3 Å². The number of benzene rings is 1. The van der Waals surface area contributed by atoms with Crippen LogP contribution in [0.3, 0.4) is 0 Å². The first-order chi connectivity index (χ1) is 7.54. The summed E-state index contributed by atoms with van der Waals surface area (Å²) >= 11 is 0. The van der Waals surface area contributed by atoms with E-state index in [1.807, 2.05) is 13.0 Å². The molecule has 0 aliphatic carbocycles. The minimum Gasteiger partial charge on any atom is -0.376 e. The number of anilines is 1. The van der Waals surface area contributed by atoms with E-state index in [0.29, 0.717) is 5.56 Å². The molecule has 4 heteroatoms. The summed E-state index contributed by atoms with van der Waals surface area (Å²) in [5, 5.41) is 11.8. The van der Waals surface area contributed by atoms with Crippen LogP contribution >= 0.6 is 0 Å². The normalized spacial score (nSPS) is 9.38. The number of hydrogen-bond acceptors (Lipinski definition) is 3. The van der Waals surface area contributed by atoms with E-state index in [1.165, 1.54) is 4.90 Å². The molecule has 0 bridgehead atoms. The van der Waals surface area contributed by atoms with E-state index < -0.39 is 0 Å². The van der Waals surface area contributed by atoms with Crippen molar-refractivity contribution < 1.29 is 4.79 Å². The van der Waals surface area contributed by atoms with Gasteiger partial charge in [0.15, 0.2) is 0 Å². The zero-order valence-corrected chi connectivity index (χ0v) is 9.74. The molecule has 4 nitrogen and oxygen atoms in total. The summed E-state index contributed by atoms with van der Waals surface area (Å²) < 4.78 is 0. The van der Waals surface area contributed by atoms with Crippen LogP contribution in [-0.2, 0) is 4.79 Å². The highest BCUT2D eigenvalue weighted by Crippen LogP contribution is 2.13. The van der Waals surface area contributed by atoms with Crippen LogP contribution in [0.4, 0.5) is 5.69 Å². The maximum absolute atomic E-state index is 11.3. The SMILES string of the molecule is Cc1cc(NCC(=O)N(C)C)ccc1C#N. The van der Waals surface area contributed by atoms with Gasteiger partial charge in [0.05, 0.1) is 18.2 Å². The maximum atomic E-state index is 11.3. The van der Waals surface area contributed by atoms with Crippen molar-refractivity contribution in [3.8, 4) is 6.07 Å². The third kappa shape index (κ3) is 2.99. The van der Waals surface area contributed by atoms with Crippen LogP contribution in [0.2, 0.25) is 0 Å². The van der Waals surface area contributed by atoms with Crippen molar-refractivity contribution in [3.63, 3.8) is 0 Å². The van der Waals surface area contributed by atoms with Gasteiger partial charge >= 0.3 is 0 Å². The minimum absolute atomic E-state index is 0.0158. The van der Waals surface area contributed by atoms with Crippen LogP contribution in [0, 0.1) is 18.3 Å². The minimum atomic E-state index is 0.0158. The predicted octanol–water partition coefficient (Wildman–Crippen LogP) is 1.37. The van der Waals surface area contributed by atoms with E-state index in [4.69, 9.17) is 5.26 Å². The van der Waals surface area contributed by atoms with E-state index in [2.05, 4.69) is 11.4 Å². The van der Waals surface area contributed by atoms with Gasteiger partial charge in [-0.2, -0.15) is 5.26 Å². The molecule has 0 unspecified atom stereocenters. The monoisotopic (exact) mass is 217 g/mol. The van der Waals surface area contributed by atoms with Crippen LogP contribution in [0.1, 0.15) is 11.1 Å². The molecule has 1 rings (SSSR count). The topological polar surface area (TPSA) is 56.1 Å². The Morgan fingerprint density at radius 2 is 2.19 bits per heavy atom. The highest BCUT2D eigenvalue weighted by Gasteiger charge is 2.04. The Labute approximate surface area is 95.5 Å². The molecule has 0 aliphatic heterocycles. The zero-order chi connectivity index (χ0) is 12.1. The maximum Gasteiger partial charge on any atom is 0.241 e. The molecule has 0 spiro atoms. The molecule has 84 valence electrons. The Balaban J connectivity index is 2.66. The van der Waals surface area contributed by atoms with Crippen LogP contribution in [0.15, 0.2) is 18.2 Å². The largest absolute Gasteiger partial charge is 0.376 e. The first kappa shape index (κ1) is 12.1. The third-order valence-electron chi connectivity index (χ3n) is 2.29. The molecule has 1 N–H and O–H groups in total. The van der Waals surface area contributed by atoms with Crippen LogP contribution in [0.5, 0.6) is 0 Å². The van der Waals surface area contributed by atoms with Gasteiger partial charge in [-0.25, -0.2) is 0 Å². The number of amides is 1. The number of aryl methyl sites for hydroxylation is 1. The lowest BCUT2D eigenvalue weighted by atomic mass is 10.1. The van der Waals surface area contributed by atoms with Gasteiger partial charge in [0.1, 0.15) is 0 Å². The van der Waals surface area contributed by atoms with Crippen molar-refractivity contribution in [1.29, 1.82) is 5.26 Å². The quantitative estimate of drug-likeness (QED) is 0.831. The highest BCUT2D eigenvalue weighted by molar-refractivity contribution is 5.80. The number of likely N-dealkylation sites (N-methyl/N-ethyl adjacent to an activating group) is 1. The Morgan fingerprint density at radius 1 is 1.50 bits per heavy atom. The predicted molar refractivity (Wildman–Crippen MR) is 63.1 cm³/mol. The van der Waals surface area contributed by atoms with Crippen molar-refractivity contribution in [3.05, 3.63) is 29.3 Å². The third-order valence-corrected chi connectivity index (χ3v) is 2.29. The second kappa shape index (κ2) is 5.17. The van der Waals surface area contributed by atoms with Gasteiger partial charge in [0.25, 0.3) is 0 Å². The van der Waals surface area contributed by atoms with E-state index in [9.17, 15) is 4.79 Å². The number of carbonyl (C=O) groups is 1. The second-order valence-electron chi connectivity index (χ2n) is 3.78. The Morgan fingerprint density at radius 3 is 2.69 bits per heavy atom. The fourth-order valence-corrected chi connectivity index (χ4v) is 1.23. The van der Waals surface area contributed by atoms with Crippen molar-refractivity contribution in [1.82, 2.24) is 4.90 Å². The fourth-order valence-electron chi connectivity index (χ4n) is 1.23. The molecular formula is C12H15N3O. The summed E-state index contributed by atoms with van der Waals surface area (Å²) in [7, 11) is 3.43. The fraction of sp³-hybridized carbons (Fsp3) is 0.333. The van der Waals surface area contributed by atoms with Crippen molar-refractivity contribution >= 4 is 11.6 Å². The molecule has 0 radical (unpaired) electrons. The van der Waals surface area contributed by atoms with Crippen molar-refractivity contribution in [2.45, 2.75) is 6.92 Å². The van der Waals surface area contributed by atoms with E-state index in [1.54, 1.807) is 26.2 Å². The van der Waals surface area contributed by atoms with Gasteiger partial charge in [-0.05, 0) is 30.7 Å². The average molecular weight is 217 g/mol. The second-order valence-corrected chi connectivity index (χ2v) is 3.78. The molecule has 1 amide bonds. The van der Waals surface area contributed by atoms with Gasteiger partial charge in [-0.3, -0.25) is 4.79 Å². The first-order valence-corrected chi connectivity index (χ1v) is 4.99. The lowest BCUT2D eigenvalue weighted by Gasteiger charge is -2.12. The average Bonchev–Trinajstić information content (AvgIpc) is 2.25. The number of hydrogen-bond donors (Lipinski definition) is 1. The Kier molecular flexibility index (Phi) is 3.90. The standard InChI is InChI=1S/C12H15N3O/c1-9-6-11(5-4-10(9)7-13)14-8-12(16)15(2)3/h4-6,14H,8H2,1-3H3. The molecule has 0 aliphatic rings. The molecular weight excluding hydrogens is 202 g/mol. The Bertz CT molecular complexity index is 432. The van der Waals surface area contributed by atoms with Gasteiger partial charge < -0.3 is 10.2 Å². The summed E-state index contributed by atoms with van der Waals surface area (Å²) in [6, 6.07) is 7.51. The number of rotatable bonds is 3. The van der Waals surface area contributed by atoms with Gasteiger partial charge in [0, 0.05) is 19.8 Å². The summed E-state index contributed by atoms with van der Waals surface area (Å²) in [6.45, 7) is 2.13. The van der Waals surface area contributed by atoms with Crippen LogP contribution in [-0.4, -0.2) is 31.4 Å². The van der Waals surface area contributed by atoms with Crippen molar-refractivity contribution in [2.24, 2.45) is 0 Å². The number of carbonyl (C=O) groups excluding carboxylic acids is 1. The smallest absolute Gasteiger partial charge is 0.241 e. The lowest BCUT2D eigenvalue weighted by Crippen LogP contribution is -2.28. The van der Waals surface area contributed by atoms with E-state index >= 15 is 0 Å². The highest BCUT2D eigenvalue weighted by atomic mass is 16.2. The number of nitriles is 1. The molecule has 0 heterocycles. The molecule has 1 aromatic carbocycles. The molecule has 0 fully saturated rings. The summed E-state index contributed by atoms with van der Waals surface area (Å²) in [4.78, 5) is 12.9. The van der Waals surface area contributed by atoms with Gasteiger partial charge in [-0.15, -0.1) is 0 Å². The lowest BCUT2D eigenvalue weighted by molar-refractivity contribution is -0.126. The number of nitrogens with one attached hydrogen (secondary N) is 1. The molecule has 0 saturated carbocycles.